The van der Waals surface area contributed by atoms with Crippen molar-refractivity contribution >= 4 is 11.8 Å². The van der Waals surface area contributed by atoms with Gasteiger partial charge in [-0.15, -0.1) is 0 Å². The Kier molecular flexibility index (Phi) is 4.70. The highest BCUT2D eigenvalue weighted by molar-refractivity contribution is 5.89. The third-order valence-electron chi connectivity index (χ3n) is 2.72. The molecule has 6 heteroatoms. The van der Waals surface area contributed by atoms with Crippen molar-refractivity contribution in [3.8, 4) is 0 Å². The Morgan fingerprint density at radius 1 is 1.62 bits per heavy atom. The molecule has 1 fully saturated rings. The Balaban J connectivity index is 2.73. The Hall–Kier alpha value is -1.14. The monoisotopic (exact) mass is 229 g/mol. The predicted molar refractivity (Wildman–Crippen MR) is 58.7 cm³/mol. The first-order valence-electron chi connectivity index (χ1n) is 5.47. The number of hydrogen-bond acceptors (Lipinski definition) is 4. The van der Waals surface area contributed by atoms with Crippen molar-refractivity contribution in [2.24, 2.45) is 5.73 Å². The Morgan fingerprint density at radius 2 is 2.31 bits per heavy atom. The number of rotatable bonds is 3. The molecule has 2 amide bonds. The molecule has 0 saturated carbocycles. The molecule has 3 N–H and O–H groups in total. The van der Waals surface area contributed by atoms with Gasteiger partial charge in [-0.2, -0.15) is 0 Å². The van der Waals surface area contributed by atoms with Crippen molar-refractivity contribution in [1.82, 2.24) is 10.2 Å². The van der Waals surface area contributed by atoms with Crippen LogP contribution in [0.15, 0.2) is 0 Å². The summed E-state index contributed by atoms with van der Waals surface area (Å²) < 4.78 is 5.20. The summed E-state index contributed by atoms with van der Waals surface area (Å²) in [4.78, 5) is 25.0. The van der Waals surface area contributed by atoms with Crippen molar-refractivity contribution < 1.29 is 14.3 Å². The second kappa shape index (κ2) is 5.81. The quantitative estimate of drug-likeness (QED) is 0.630. The Bertz CT molecular complexity index is 270. The summed E-state index contributed by atoms with van der Waals surface area (Å²) in [6, 6.07) is -1.09. The second-order valence-corrected chi connectivity index (χ2v) is 3.75. The number of carbonyl (C=O) groups is 2. The number of morpholine rings is 1. The number of ether oxygens (including phenoxy) is 1. The zero-order valence-electron chi connectivity index (χ0n) is 9.73. The van der Waals surface area contributed by atoms with E-state index < -0.39 is 12.1 Å². The van der Waals surface area contributed by atoms with Gasteiger partial charge >= 0.3 is 0 Å². The van der Waals surface area contributed by atoms with Crippen molar-refractivity contribution in [2.45, 2.75) is 25.4 Å². The maximum atomic E-state index is 11.9. The van der Waals surface area contributed by atoms with Crippen molar-refractivity contribution in [3.63, 3.8) is 0 Å². The van der Waals surface area contributed by atoms with E-state index in [1.807, 2.05) is 6.92 Å². The highest BCUT2D eigenvalue weighted by Crippen LogP contribution is 2.09. The fourth-order valence-electron chi connectivity index (χ4n) is 1.64. The number of carbonyl (C=O) groups excluding carboxylic acids is 2. The Labute approximate surface area is 95.1 Å². The Morgan fingerprint density at radius 3 is 2.88 bits per heavy atom. The lowest BCUT2D eigenvalue weighted by atomic mass is 10.1. The molecule has 1 heterocycles. The minimum atomic E-state index is -0.552. The first-order chi connectivity index (χ1) is 7.61. The number of hydrogen-bond donors (Lipinski definition) is 2. The average Bonchev–Trinajstić information content (AvgIpc) is 2.35. The summed E-state index contributed by atoms with van der Waals surface area (Å²) in [7, 11) is 1.54. The van der Waals surface area contributed by atoms with Gasteiger partial charge in [0.25, 0.3) is 0 Å². The summed E-state index contributed by atoms with van der Waals surface area (Å²) in [5, 5.41) is 2.52. The van der Waals surface area contributed by atoms with Gasteiger partial charge in [-0.1, -0.05) is 6.92 Å². The van der Waals surface area contributed by atoms with Gasteiger partial charge < -0.3 is 20.7 Å². The van der Waals surface area contributed by atoms with E-state index in [9.17, 15) is 9.59 Å². The van der Waals surface area contributed by atoms with Crippen LogP contribution in [0.25, 0.3) is 0 Å². The number of nitrogens with zero attached hydrogens (tertiary/aromatic N) is 1. The van der Waals surface area contributed by atoms with Crippen LogP contribution < -0.4 is 11.1 Å². The van der Waals surface area contributed by atoms with Crippen LogP contribution >= 0.6 is 0 Å². The van der Waals surface area contributed by atoms with Crippen molar-refractivity contribution in [2.75, 3.05) is 26.8 Å². The molecule has 1 aliphatic rings. The summed E-state index contributed by atoms with van der Waals surface area (Å²) >= 11 is 0. The van der Waals surface area contributed by atoms with E-state index in [0.717, 1.165) is 0 Å². The first kappa shape index (κ1) is 12.9. The highest BCUT2D eigenvalue weighted by Gasteiger charge is 2.33. The molecule has 0 spiro atoms. The van der Waals surface area contributed by atoms with E-state index in [0.29, 0.717) is 19.6 Å². The molecule has 0 aromatic rings. The normalized spacial score (nSPS) is 22.7. The van der Waals surface area contributed by atoms with Gasteiger partial charge in [-0.3, -0.25) is 9.59 Å². The van der Waals surface area contributed by atoms with Crippen LogP contribution in [0.4, 0.5) is 0 Å². The van der Waals surface area contributed by atoms with E-state index >= 15 is 0 Å². The topological polar surface area (TPSA) is 84.7 Å². The van der Waals surface area contributed by atoms with Crippen molar-refractivity contribution in [1.29, 1.82) is 0 Å². The molecular weight excluding hydrogens is 210 g/mol. The molecule has 6 nitrogen and oxygen atoms in total. The molecule has 0 bridgehead atoms. The van der Waals surface area contributed by atoms with E-state index in [4.69, 9.17) is 10.5 Å². The predicted octanol–water partition coefficient (Wildman–Crippen LogP) is -1.30. The van der Waals surface area contributed by atoms with Crippen LogP contribution in [-0.4, -0.2) is 55.6 Å². The molecule has 1 unspecified atom stereocenters. The standard InChI is InChI=1S/C10H19N3O3/c1-3-7(11)10(15)13-4-5-16-6-8(13)9(14)12-2/h7-8H,3-6,11H2,1-2H3,(H,12,14)/t7-,8?/m0/s1. The molecule has 2 atom stereocenters. The summed E-state index contributed by atoms with van der Waals surface area (Å²) in [5.41, 5.74) is 5.69. The SMILES string of the molecule is CC[C@H](N)C(=O)N1CCOCC1C(=O)NC. The smallest absolute Gasteiger partial charge is 0.244 e. The maximum Gasteiger partial charge on any atom is 0.244 e. The van der Waals surface area contributed by atoms with Gasteiger partial charge in [0.2, 0.25) is 11.8 Å². The minimum Gasteiger partial charge on any atom is -0.377 e. The van der Waals surface area contributed by atoms with E-state index in [1.54, 1.807) is 7.05 Å². The number of amides is 2. The van der Waals surface area contributed by atoms with E-state index in [1.165, 1.54) is 4.90 Å². The lowest BCUT2D eigenvalue weighted by molar-refractivity contribution is -0.149. The van der Waals surface area contributed by atoms with Gasteiger partial charge in [-0.05, 0) is 6.42 Å². The van der Waals surface area contributed by atoms with Crippen LogP contribution in [0.5, 0.6) is 0 Å². The van der Waals surface area contributed by atoms with Gasteiger partial charge in [-0.25, -0.2) is 0 Å². The van der Waals surface area contributed by atoms with Crippen LogP contribution in [0.3, 0.4) is 0 Å². The molecule has 92 valence electrons. The molecule has 0 aliphatic carbocycles. The third-order valence-corrected chi connectivity index (χ3v) is 2.72. The summed E-state index contributed by atoms with van der Waals surface area (Å²) in [6.45, 7) is 2.96. The lowest BCUT2D eigenvalue weighted by Gasteiger charge is -2.35. The number of nitrogens with one attached hydrogen (secondary N) is 1. The fourth-order valence-corrected chi connectivity index (χ4v) is 1.64. The van der Waals surface area contributed by atoms with E-state index in [-0.39, 0.29) is 18.4 Å². The van der Waals surface area contributed by atoms with Gasteiger partial charge in [0, 0.05) is 13.6 Å². The largest absolute Gasteiger partial charge is 0.377 e. The first-order valence-corrected chi connectivity index (χ1v) is 5.47. The highest BCUT2D eigenvalue weighted by atomic mass is 16.5. The zero-order valence-corrected chi connectivity index (χ0v) is 9.73. The second-order valence-electron chi connectivity index (χ2n) is 3.75. The van der Waals surface area contributed by atoms with Gasteiger partial charge in [0.15, 0.2) is 0 Å². The molecule has 0 radical (unpaired) electrons. The summed E-state index contributed by atoms with van der Waals surface area (Å²) in [6.07, 6.45) is 0.566. The molecule has 0 aromatic carbocycles. The minimum absolute atomic E-state index is 0.181. The van der Waals surface area contributed by atoms with Gasteiger partial charge in [0.05, 0.1) is 19.3 Å². The fraction of sp³-hybridized carbons (Fsp3) is 0.800. The molecular formula is C10H19N3O3. The molecule has 16 heavy (non-hydrogen) atoms. The summed E-state index contributed by atoms with van der Waals surface area (Å²) in [5.74, 6) is -0.393. The van der Waals surface area contributed by atoms with E-state index in [2.05, 4.69) is 5.32 Å². The molecule has 0 aromatic heterocycles. The van der Waals surface area contributed by atoms with Crippen LogP contribution in [-0.2, 0) is 14.3 Å². The molecule has 1 aliphatic heterocycles. The number of nitrogens with two attached hydrogens (primary N) is 1. The van der Waals surface area contributed by atoms with Crippen LogP contribution in [0.2, 0.25) is 0 Å². The number of likely N-dealkylation sites (N-methyl/N-ethyl adjacent to an activating group) is 1. The van der Waals surface area contributed by atoms with Crippen LogP contribution in [0.1, 0.15) is 13.3 Å². The van der Waals surface area contributed by atoms with Gasteiger partial charge in [0.1, 0.15) is 6.04 Å². The average molecular weight is 229 g/mol. The van der Waals surface area contributed by atoms with Crippen molar-refractivity contribution in [3.05, 3.63) is 0 Å². The maximum absolute atomic E-state index is 11.9. The molecule has 1 rings (SSSR count). The van der Waals surface area contributed by atoms with Crippen LogP contribution in [0, 0.1) is 0 Å². The lowest BCUT2D eigenvalue weighted by Crippen LogP contribution is -2.58. The zero-order chi connectivity index (χ0) is 12.1. The molecule has 1 saturated heterocycles. The third kappa shape index (κ3) is 2.70.